The van der Waals surface area contributed by atoms with E-state index in [1.165, 1.54) is 24.8 Å². The first kappa shape index (κ1) is 10.9. The first-order chi connectivity index (χ1) is 6.50. The molecule has 0 aromatic carbocycles. The Kier molecular flexibility index (Phi) is 3.07. The Balaban J connectivity index is 3.13. The largest absolute Gasteiger partial charge is 0.289 e. The van der Waals surface area contributed by atoms with E-state index in [2.05, 4.69) is 11.6 Å². The van der Waals surface area contributed by atoms with Gasteiger partial charge < -0.3 is 0 Å². The smallest absolute Gasteiger partial charge is 0.259 e. The molecule has 1 atom stereocenters. The van der Waals surface area contributed by atoms with Crippen LogP contribution in [0.15, 0.2) is 31.4 Å². The number of rotatable bonds is 4. The van der Waals surface area contributed by atoms with Crippen LogP contribution in [-0.2, 0) is 10.0 Å². The van der Waals surface area contributed by atoms with E-state index in [4.69, 9.17) is 0 Å². The van der Waals surface area contributed by atoms with Crippen molar-refractivity contribution in [1.82, 2.24) is 13.9 Å². The lowest BCUT2D eigenvalue weighted by Crippen LogP contribution is -2.37. The highest BCUT2D eigenvalue weighted by molar-refractivity contribution is 7.90. The van der Waals surface area contributed by atoms with Gasteiger partial charge in [-0.25, -0.2) is 17.4 Å². The van der Waals surface area contributed by atoms with Crippen LogP contribution in [0.3, 0.4) is 0 Å². The molecule has 1 heterocycles. The van der Waals surface area contributed by atoms with Crippen LogP contribution in [0, 0.1) is 0 Å². The molecule has 5 nitrogen and oxygen atoms in total. The fourth-order valence-electron chi connectivity index (χ4n) is 1.12. The molecule has 14 heavy (non-hydrogen) atoms. The van der Waals surface area contributed by atoms with Crippen LogP contribution in [0.2, 0.25) is 0 Å². The van der Waals surface area contributed by atoms with Crippen LogP contribution in [0.4, 0.5) is 0 Å². The summed E-state index contributed by atoms with van der Waals surface area (Å²) in [6.45, 7) is 3.50. The summed E-state index contributed by atoms with van der Waals surface area (Å²) < 4.78 is 24.8. The molecule has 0 amide bonds. The number of likely N-dealkylation sites (N-methyl/N-ethyl adjacent to an activating group) is 1. The summed E-state index contributed by atoms with van der Waals surface area (Å²) in [6, 6.07) is 0. The molecule has 1 rings (SSSR count). The van der Waals surface area contributed by atoms with Crippen molar-refractivity contribution in [2.75, 3.05) is 14.1 Å². The summed E-state index contributed by atoms with van der Waals surface area (Å²) in [5, 5.41) is -0.739. The Bertz CT molecular complexity index is 394. The van der Waals surface area contributed by atoms with Crippen LogP contribution < -0.4 is 0 Å². The van der Waals surface area contributed by atoms with Crippen molar-refractivity contribution >= 4 is 10.0 Å². The highest BCUT2D eigenvalue weighted by Gasteiger charge is 2.25. The van der Waals surface area contributed by atoms with Gasteiger partial charge >= 0.3 is 0 Å². The minimum Gasteiger partial charge on any atom is -0.289 e. The van der Waals surface area contributed by atoms with Crippen LogP contribution in [0.1, 0.15) is 0 Å². The lowest BCUT2D eigenvalue weighted by atomic mass is 10.6. The third kappa shape index (κ3) is 1.85. The van der Waals surface area contributed by atoms with Gasteiger partial charge in [0.2, 0.25) is 0 Å². The van der Waals surface area contributed by atoms with Gasteiger partial charge in [-0.05, 0) is 14.1 Å². The Labute approximate surface area is 83.7 Å². The minimum atomic E-state index is -3.45. The summed E-state index contributed by atoms with van der Waals surface area (Å²) in [7, 11) is -0.0823. The number of hydrogen-bond donors (Lipinski definition) is 0. The van der Waals surface area contributed by atoms with Gasteiger partial charge in [0, 0.05) is 12.4 Å². The maximum absolute atomic E-state index is 11.9. The summed E-state index contributed by atoms with van der Waals surface area (Å²) in [5.74, 6) is 0. The van der Waals surface area contributed by atoms with Gasteiger partial charge in [0.05, 0.1) is 0 Å². The number of aromatic nitrogens is 2. The SMILES string of the molecule is C=CC(N(C)C)S(=O)(=O)n1ccnc1. The average molecular weight is 215 g/mol. The van der Waals surface area contributed by atoms with E-state index >= 15 is 0 Å². The molecule has 0 aliphatic heterocycles. The normalized spacial score (nSPS) is 14.2. The highest BCUT2D eigenvalue weighted by Crippen LogP contribution is 2.08. The third-order valence-electron chi connectivity index (χ3n) is 1.79. The lowest BCUT2D eigenvalue weighted by molar-refractivity contribution is 0.403. The summed E-state index contributed by atoms with van der Waals surface area (Å²) >= 11 is 0. The number of hydrogen-bond acceptors (Lipinski definition) is 4. The molecule has 78 valence electrons. The molecule has 0 bridgehead atoms. The zero-order chi connectivity index (χ0) is 10.8. The van der Waals surface area contributed by atoms with Crippen molar-refractivity contribution in [2.24, 2.45) is 0 Å². The topological polar surface area (TPSA) is 55.2 Å². The van der Waals surface area contributed by atoms with Gasteiger partial charge in [-0.15, -0.1) is 6.58 Å². The highest BCUT2D eigenvalue weighted by atomic mass is 32.2. The van der Waals surface area contributed by atoms with Gasteiger partial charge in [-0.1, -0.05) is 6.08 Å². The molecule has 0 N–H and O–H groups in total. The molecular formula is C8H13N3O2S. The maximum Gasteiger partial charge on any atom is 0.259 e. The summed E-state index contributed by atoms with van der Waals surface area (Å²) in [6.07, 6.45) is 5.47. The third-order valence-corrected chi connectivity index (χ3v) is 3.82. The van der Waals surface area contributed by atoms with Gasteiger partial charge in [0.25, 0.3) is 10.0 Å². The lowest BCUT2D eigenvalue weighted by Gasteiger charge is -2.20. The fourth-order valence-corrected chi connectivity index (χ4v) is 2.56. The number of imidazole rings is 1. The Morgan fingerprint density at radius 3 is 2.57 bits per heavy atom. The average Bonchev–Trinajstić information content (AvgIpc) is 2.55. The van der Waals surface area contributed by atoms with E-state index in [1.54, 1.807) is 19.0 Å². The second-order valence-corrected chi connectivity index (χ2v) is 4.96. The van der Waals surface area contributed by atoms with E-state index in [0.717, 1.165) is 3.97 Å². The fraction of sp³-hybridized carbons (Fsp3) is 0.375. The Morgan fingerprint density at radius 2 is 2.21 bits per heavy atom. The zero-order valence-electron chi connectivity index (χ0n) is 8.16. The molecule has 0 spiro atoms. The standard InChI is InChI=1S/C8H13N3O2S/c1-4-8(10(2)3)14(12,13)11-6-5-9-7-11/h4-8H,1H2,2-3H3. The van der Waals surface area contributed by atoms with Gasteiger partial charge in [0.15, 0.2) is 5.37 Å². The van der Waals surface area contributed by atoms with E-state index in [1.807, 2.05) is 0 Å². The van der Waals surface area contributed by atoms with Crippen molar-refractivity contribution < 1.29 is 8.42 Å². The first-order valence-corrected chi connectivity index (χ1v) is 5.52. The molecule has 0 aliphatic carbocycles. The van der Waals surface area contributed by atoms with Crippen LogP contribution in [0.5, 0.6) is 0 Å². The van der Waals surface area contributed by atoms with Gasteiger partial charge in [-0.3, -0.25) is 4.90 Å². The van der Waals surface area contributed by atoms with Gasteiger partial charge in [0.1, 0.15) is 6.33 Å². The molecule has 1 aromatic rings. The molecular weight excluding hydrogens is 202 g/mol. The van der Waals surface area contributed by atoms with E-state index in [-0.39, 0.29) is 0 Å². The van der Waals surface area contributed by atoms with E-state index in [0.29, 0.717) is 0 Å². The van der Waals surface area contributed by atoms with E-state index < -0.39 is 15.4 Å². The van der Waals surface area contributed by atoms with Crippen LogP contribution in [0.25, 0.3) is 0 Å². The van der Waals surface area contributed by atoms with E-state index in [9.17, 15) is 8.42 Å². The minimum absolute atomic E-state index is 0.739. The summed E-state index contributed by atoms with van der Waals surface area (Å²) in [5.41, 5.74) is 0. The molecule has 1 unspecified atom stereocenters. The molecule has 0 saturated carbocycles. The summed E-state index contributed by atoms with van der Waals surface area (Å²) in [4.78, 5) is 5.27. The molecule has 0 radical (unpaired) electrons. The monoisotopic (exact) mass is 215 g/mol. The first-order valence-electron chi connectivity index (χ1n) is 4.01. The zero-order valence-corrected chi connectivity index (χ0v) is 8.98. The van der Waals surface area contributed by atoms with Crippen molar-refractivity contribution in [2.45, 2.75) is 5.37 Å². The van der Waals surface area contributed by atoms with Crippen molar-refractivity contribution in [3.8, 4) is 0 Å². The second-order valence-electron chi connectivity index (χ2n) is 3.03. The van der Waals surface area contributed by atoms with Crippen LogP contribution >= 0.6 is 0 Å². The number of nitrogens with zero attached hydrogens (tertiary/aromatic N) is 3. The van der Waals surface area contributed by atoms with Crippen molar-refractivity contribution in [3.05, 3.63) is 31.4 Å². The predicted molar refractivity (Wildman–Crippen MR) is 54.2 cm³/mol. The Hall–Kier alpha value is -1.14. The predicted octanol–water partition coefficient (Wildman–Crippen LogP) is 0.135. The quantitative estimate of drug-likeness (QED) is 0.670. The molecule has 0 aliphatic rings. The Morgan fingerprint density at radius 1 is 1.57 bits per heavy atom. The van der Waals surface area contributed by atoms with Crippen molar-refractivity contribution in [1.29, 1.82) is 0 Å². The molecule has 6 heteroatoms. The van der Waals surface area contributed by atoms with Crippen LogP contribution in [-0.4, -0.2) is 41.7 Å². The second kappa shape index (κ2) is 3.93. The van der Waals surface area contributed by atoms with Gasteiger partial charge in [-0.2, -0.15) is 0 Å². The maximum atomic E-state index is 11.9. The van der Waals surface area contributed by atoms with Crippen molar-refractivity contribution in [3.63, 3.8) is 0 Å². The molecule has 0 fully saturated rings. The molecule has 0 saturated heterocycles. The molecule has 1 aromatic heterocycles.